The number of ketones is 1. The van der Waals surface area contributed by atoms with E-state index in [1.165, 1.54) is 0 Å². The second-order valence-corrected chi connectivity index (χ2v) is 8.35. The molecule has 0 radical (unpaired) electrons. The fraction of sp³-hybridized carbons (Fsp3) is 0.360. The van der Waals surface area contributed by atoms with E-state index in [0.29, 0.717) is 30.7 Å². The number of ether oxygens (including phenoxy) is 1. The molecule has 1 heterocycles. The Morgan fingerprint density at radius 1 is 1.06 bits per heavy atom. The largest absolute Gasteiger partial charge is 0.490 e. The Balaban J connectivity index is 1.43. The molecule has 0 aliphatic heterocycles. The molecule has 7 nitrogen and oxygen atoms in total. The molecule has 1 aromatic heterocycles. The monoisotopic (exact) mass is 433 g/mol. The van der Waals surface area contributed by atoms with Crippen LogP contribution in [0.3, 0.4) is 0 Å². The van der Waals surface area contributed by atoms with Gasteiger partial charge in [0.1, 0.15) is 17.2 Å². The summed E-state index contributed by atoms with van der Waals surface area (Å²) in [6.07, 6.45) is 3.52. The Morgan fingerprint density at radius 2 is 1.81 bits per heavy atom. The standard InChI is InChI=1S/C25H27N3O4/c1-28-23(16-20(29)14-17-6-3-2-4-7-17)24(26-27-28)18-10-12-21(13-11-18)32-22-9-5-8-19(15-22)25(30)31/h2-4,6-7,10-13,19,22H,5,8-9,14-16H2,1H3,(H,30,31)/t19-,22-/m0/s1. The number of rotatable bonds is 8. The van der Waals surface area contributed by atoms with E-state index >= 15 is 0 Å². The summed E-state index contributed by atoms with van der Waals surface area (Å²) < 4.78 is 7.68. The molecule has 1 saturated carbocycles. The van der Waals surface area contributed by atoms with Crippen LogP contribution in [0.2, 0.25) is 0 Å². The Bertz CT molecular complexity index is 1080. The van der Waals surface area contributed by atoms with Gasteiger partial charge in [0, 0.05) is 19.0 Å². The zero-order valence-corrected chi connectivity index (χ0v) is 18.1. The van der Waals surface area contributed by atoms with Crippen LogP contribution < -0.4 is 4.74 Å². The minimum atomic E-state index is -0.745. The minimum Gasteiger partial charge on any atom is -0.490 e. The summed E-state index contributed by atoms with van der Waals surface area (Å²) in [7, 11) is 1.79. The smallest absolute Gasteiger partial charge is 0.306 e. The van der Waals surface area contributed by atoms with Crippen molar-refractivity contribution < 1.29 is 19.4 Å². The summed E-state index contributed by atoms with van der Waals surface area (Å²) >= 11 is 0. The molecule has 4 rings (SSSR count). The normalized spacial score (nSPS) is 18.3. The lowest BCUT2D eigenvalue weighted by molar-refractivity contribution is -0.143. The molecule has 3 aromatic rings. The van der Waals surface area contributed by atoms with Crippen LogP contribution in [0.4, 0.5) is 0 Å². The fourth-order valence-electron chi connectivity index (χ4n) is 4.23. The Hall–Kier alpha value is -3.48. The van der Waals surface area contributed by atoms with Crippen molar-refractivity contribution in [1.82, 2.24) is 15.0 Å². The highest BCUT2D eigenvalue weighted by atomic mass is 16.5. The van der Waals surface area contributed by atoms with Crippen LogP contribution in [0.1, 0.15) is 36.9 Å². The maximum absolute atomic E-state index is 12.6. The number of aliphatic carboxylic acids is 1. The Morgan fingerprint density at radius 3 is 2.53 bits per heavy atom. The first kappa shape index (κ1) is 21.7. The summed E-state index contributed by atoms with van der Waals surface area (Å²) in [6, 6.07) is 17.2. The number of nitrogens with zero attached hydrogens (tertiary/aromatic N) is 3. The van der Waals surface area contributed by atoms with E-state index in [0.717, 1.165) is 29.7 Å². The van der Waals surface area contributed by atoms with Crippen LogP contribution in [0.5, 0.6) is 5.75 Å². The Kier molecular flexibility index (Phi) is 6.63. The van der Waals surface area contributed by atoms with Crippen molar-refractivity contribution in [2.75, 3.05) is 0 Å². The quantitative estimate of drug-likeness (QED) is 0.580. The number of carbonyl (C=O) groups is 2. The van der Waals surface area contributed by atoms with Gasteiger partial charge < -0.3 is 9.84 Å². The molecule has 0 bridgehead atoms. The molecule has 0 unspecified atom stereocenters. The number of Topliss-reactive ketones (excluding diaryl/α,β-unsaturated/α-hetero) is 1. The zero-order valence-electron chi connectivity index (χ0n) is 18.1. The number of hydrogen-bond acceptors (Lipinski definition) is 5. The van der Waals surface area contributed by atoms with E-state index in [1.54, 1.807) is 11.7 Å². The molecule has 7 heteroatoms. The summed E-state index contributed by atoms with van der Waals surface area (Å²) in [4.78, 5) is 23.9. The highest BCUT2D eigenvalue weighted by Crippen LogP contribution is 2.29. The zero-order chi connectivity index (χ0) is 22.5. The molecular weight excluding hydrogens is 406 g/mol. The SMILES string of the molecule is Cn1nnc(-c2ccc(O[C@H]3CCC[C@H](C(=O)O)C3)cc2)c1CC(=O)Cc1ccccc1. The fourth-order valence-corrected chi connectivity index (χ4v) is 4.23. The van der Waals surface area contributed by atoms with Gasteiger partial charge in [-0.2, -0.15) is 0 Å². The molecule has 166 valence electrons. The van der Waals surface area contributed by atoms with Crippen molar-refractivity contribution in [3.63, 3.8) is 0 Å². The maximum atomic E-state index is 12.6. The third-order valence-corrected chi connectivity index (χ3v) is 5.96. The van der Waals surface area contributed by atoms with Gasteiger partial charge in [0.15, 0.2) is 0 Å². The molecule has 2 aromatic carbocycles. The molecule has 1 aliphatic carbocycles. The topological polar surface area (TPSA) is 94.3 Å². The van der Waals surface area contributed by atoms with E-state index in [1.807, 2.05) is 54.6 Å². The molecule has 2 atom stereocenters. The molecule has 0 amide bonds. The van der Waals surface area contributed by atoms with Gasteiger partial charge in [0.05, 0.1) is 24.1 Å². The number of hydrogen-bond donors (Lipinski definition) is 1. The molecule has 1 fully saturated rings. The number of carboxylic acids is 1. The van der Waals surface area contributed by atoms with Crippen molar-refractivity contribution in [3.05, 3.63) is 65.9 Å². The molecule has 32 heavy (non-hydrogen) atoms. The number of aromatic nitrogens is 3. The lowest BCUT2D eigenvalue weighted by atomic mass is 9.87. The van der Waals surface area contributed by atoms with Gasteiger partial charge in [-0.3, -0.25) is 14.3 Å². The van der Waals surface area contributed by atoms with Crippen molar-refractivity contribution in [2.24, 2.45) is 13.0 Å². The van der Waals surface area contributed by atoms with Crippen LogP contribution in [-0.2, 0) is 29.5 Å². The second kappa shape index (κ2) is 9.77. The van der Waals surface area contributed by atoms with Crippen molar-refractivity contribution in [3.8, 4) is 17.0 Å². The molecule has 1 aliphatic rings. The average Bonchev–Trinajstić information content (AvgIpc) is 3.15. The highest BCUT2D eigenvalue weighted by molar-refractivity contribution is 5.84. The minimum absolute atomic E-state index is 0.0848. The highest BCUT2D eigenvalue weighted by Gasteiger charge is 2.28. The lowest BCUT2D eigenvalue weighted by Crippen LogP contribution is -2.29. The summed E-state index contributed by atoms with van der Waals surface area (Å²) in [5.41, 5.74) is 3.31. The lowest BCUT2D eigenvalue weighted by Gasteiger charge is -2.27. The third kappa shape index (κ3) is 5.22. The van der Waals surface area contributed by atoms with Gasteiger partial charge in [-0.15, -0.1) is 5.10 Å². The van der Waals surface area contributed by atoms with Gasteiger partial charge in [-0.1, -0.05) is 35.5 Å². The first-order chi connectivity index (χ1) is 15.5. The van der Waals surface area contributed by atoms with Gasteiger partial charge in [0.2, 0.25) is 0 Å². The van der Waals surface area contributed by atoms with E-state index < -0.39 is 5.97 Å². The number of aryl methyl sites for hydroxylation is 1. The first-order valence-corrected chi connectivity index (χ1v) is 10.9. The van der Waals surface area contributed by atoms with Crippen LogP contribution in [0.25, 0.3) is 11.3 Å². The van der Waals surface area contributed by atoms with Crippen LogP contribution >= 0.6 is 0 Å². The van der Waals surface area contributed by atoms with Gasteiger partial charge in [-0.05, 0) is 55.5 Å². The van der Waals surface area contributed by atoms with E-state index in [-0.39, 0.29) is 24.2 Å². The Labute approximate surface area is 187 Å². The first-order valence-electron chi connectivity index (χ1n) is 10.9. The van der Waals surface area contributed by atoms with Crippen LogP contribution in [0, 0.1) is 5.92 Å². The van der Waals surface area contributed by atoms with E-state index in [2.05, 4.69) is 10.3 Å². The summed E-state index contributed by atoms with van der Waals surface area (Å²) in [6.45, 7) is 0. The van der Waals surface area contributed by atoms with Crippen LogP contribution in [-0.4, -0.2) is 38.0 Å². The third-order valence-electron chi connectivity index (χ3n) is 5.96. The number of carbonyl (C=O) groups excluding carboxylic acids is 1. The van der Waals surface area contributed by atoms with E-state index in [4.69, 9.17) is 4.74 Å². The molecular formula is C25H27N3O4. The van der Waals surface area contributed by atoms with E-state index in [9.17, 15) is 14.7 Å². The number of carboxylic acid groups (broad SMARTS) is 1. The maximum Gasteiger partial charge on any atom is 0.306 e. The van der Waals surface area contributed by atoms with Crippen LogP contribution in [0.15, 0.2) is 54.6 Å². The van der Waals surface area contributed by atoms with Gasteiger partial charge in [0.25, 0.3) is 0 Å². The van der Waals surface area contributed by atoms with Crippen molar-refractivity contribution >= 4 is 11.8 Å². The van der Waals surface area contributed by atoms with Gasteiger partial charge in [-0.25, -0.2) is 0 Å². The predicted octanol–water partition coefficient (Wildman–Crippen LogP) is 3.86. The molecule has 0 spiro atoms. The predicted molar refractivity (Wildman–Crippen MR) is 119 cm³/mol. The average molecular weight is 434 g/mol. The van der Waals surface area contributed by atoms with Crippen molar-refractivity contribution in [1.29, 1.82) is 0 Å². The number of benzene rings is 2. The summed E-state index contributed by atoms with van der Waals surface area (Å²) in [5, 5.41) is 17.7. The second-order valence-electron chi connectivity index (χ2n) is 8.35. The molecule has 0 saturated heterocycles. The molecule has 1 N–H and O–H groups in total. The summed E-state index contributed by atoms with van der Waals surface area (Å²) in [5.74, 6) is -0.266. The van der Waals surface area contributed by atoms with Gasteiger partial charge >= 0.3 is 5.97 Å². The van der Waals surface area contributed by atoms with Crippen molar-refractivity contribution in [2.45, 2.75) is 44.6 Å².